The van der Waals surface area contributed by atoms with Crippen LogP contribution in [0.3, 0.4) is 0 Å². The van der Waals surface area contributed by atoms with Crippen molar-refractivity contribution in [3.63, 3.8) is 0 Å². The number of thioether (sulfide) groups is 1. The highest BCUT2D eigenvalue weighted by Crippen LogP contribution is 2.32. The van der Waals surface area contributed by atoms with Gasteiger partial charge in [-0.3, -0.25) is 4.79 Å². The van der Waals surface area contributed by atoms with Crippen LogP contribution in [-0.4, -0.2) is 34.5 Å². The molecule has 3 amide bonds. The van der Waals surface area contributed by atoms with Crippen molar-refractivity contribution in [1.82, 2.24) is 4.90 Å². The first kappa shape index (κ1) is 10.6. The molecule has 0 saturated carbocycles. The Morgan fingerprint density at radius 2 is 1.94 bits per heavy atom. The van der Waals surface area contributed by atoms with Gasteiger partial charge in [-0.2, -0.15) is 0 Å². The number of halogens is 1. The van der Waals surface area contributed by atoms with Crippen molar-refractivity contribution in [2.24, 2.45) is 0 Å². The van der Waals surface area contributed by atoms with Crippen LogP contribution in [0, 0.1) is 5.82 Å². The molecule has 0 bridgehead atoms. The summed E-state index contributed by atoms with van der Waals surface area (Å²) in [5.74, 6) is 0.588. The normalized spacial score (nSPS) is 23.5. The first-order valence-corrected chi connectivity index (χ1v) is 6.32. The average Bonchev–Trinajstić information content (AvgIpc) is 2.87. The lowest BCUT2D eigenvalue weighted by atomic mass is 10.2. The maximum atomic E-state index is 12.8. The minimum atomic E-state index is -0.385. The van der Waals surface area contributed by atoms with E-state index in [1.165, 1.54) is 24.3 Å². The van der Waals surface area contributed by atoms with Crippen molar-refractivity contribution in [3.05, 3.63) is 30.1 Å². The summed E-state index contributed by atoms with van der Waals surface area (Å²) in [6.07, 6.45) is 0. The molecule has 4 nitrogen and oxygen atoms in total. The van der Waals surface area contributed by atoms with E-state index in [4.69, 9.17) is 0 Å². The topological polar surface area (TPSA) is 40.6 Å². The molecule has 0 unspecified atom stereocenters. The molecule has 3 rings (SSSR count). The highest BCUT2D eigenvalue weighted by atomic mass is 32.2. The van der Waals surface area contributed by atoms with Crippen molar-refractivity contribution < 1.29 is 14.0 Å². The summed E-state index contributed by atoms with van der Waals surface area (Å²) >= 11 is 1.57. The second kappa shape index (κ2) is 3.73. The highest BCUT2D eigenvalue weighted by Gasteiger charge is 2.48. The number of nitrogens with zero attached hydrogens (tertiary/aromatic N) is 2. The Bertz CT molecular complexity index is 469. The lowest BCUT2D eigenvalue weighted by Gasteiger charge is -2.14. The molecule has 2 aliphatic rings. The summed E-state index contributed by atoms with van der Waals surface area (Å²) in [7, 11) is 0. The van der Waals surface area contributed by atoms with Gasteiger partial charge in [0, 0.05) is 5.75 Å². The fourth-order valence-corrected chi connectivity index (χ4v) is 3.17. The molecule has 1 aromatic carbocycles. The predicted molar refractivity (Wildman–Crippen MR) is 62.2 cm³/mol. The van der Waals surface area contributed by atoms with E-state index in [1.54, 1.807) is 16.7 Å². The Labute approximate surface area is 101 Å². The van der Waals surface area contributed by atoms with Crippen LogP contribution in [0.15, 0.2) is 24.3 Å². The largest absolute Gasteiger partial charge is 0.332 e. The van der Waals surface area contributed by atoms with Crippen LogP contribution in [0.1, 0.15) is 0 Å². The molecule has 1 aromatic rings. The molecular weight excluding hydrogens is 243 g/mol. The maximum Gasteiger partial charge on any atom is 0.332 e. The predicted octanol–water partition coefficient (Wildman–Crippen LogP) is 1.67. The van der Waals surface area contributed by atoms with Gasteiger partial charge in [-0.1, -0.05) is 0 Å². The summed E-state index contributed by atoms with van der Waals surface area (Å²) in [6.45, 7) is 0. The van der Waals surface area contributed by atoms with Gasteiger partial charge in [0.1, 0.15) is 11.9 Å². The second-order valence-corrected chi connectivity index (χ2v) is 4.92. The molecule has 0 N–H and O–H groups in total. The monoisotopic (exact) mass is 252 g/mol. The van der Waals surface area contributed by atoms with Gasteiger partial charge in [-0.15, -0.1) is 11.8 Å². The third-order valence-electron chi connectivity index (χ3n) is 2.91. The number of hydrogen-bond acceptors (Lipinski definition) is 3. The Hall–Kier alpha value is -1.56. The minimum Gasteiger partial charge on any atom is -0.302 e. The first-order chi connectivity index (χ1) is 8.18. The number of urea groups is 1. The lowest BCUT2D eigenvalue weighted by molar-refractivity contribution is -0.118. The van der Waals surface area contributed by atoms with Gasteiger partial charge in [-0.05, 0) is 24.3 Å². The molecule has 17 heavy (non-hydrogen) atoms. The second-order valence-electron chi connectivity index (χ2n) is 3.92. The van der Waals surface area contributed by atoms with Crippen LogP contribution >= 0.6 is 11.8 Å². The molecule has 6 heteroatoms. The summed E-state index contributed by atoms with van der Waals surface area (Å²) in [5, 5.41) is 0. The number of amides is 3. The van der Waals surface area contributed by atoms with Crippen LogP contribution < -0.4 is 4.90 Å². The fraction of sp³-hybridized carbons (Fsp3) is 0.273. The van der Waals surface area contributed by atoms with Gasteiger partial charge >= 0.3 is 6.03 Å². The van der Waals surface area contributed by atoms with E-state index in [0.717, 1.165) is 4.90 Å². The van der Waals surface area contributed by atoms with Crippen LogP contribution in [0.2, 0.25) is 0 Å². The molecular formula is C11H9FN2O2S. The quantitative estimate of drug-likeness (QED) is 0.714. The van der Waals surface area contributed by atoms with Crippen molar-refractivity contribution in [1.29, 1.82) is 0 Å². The molecule has 0 aromatic heterocycles. The molecule has 2 aliphatic heterocycles. The summed E-state index contributed by atoms with van der Waals surface area (Å²) in [5.41, 5.74) is 0.431. The number of rotatable bonds is 1. The fourth-order valence-electron chi connectivity index (χ4n) is 2.04. The molecule has 2 saturated heterocycles. The number of carbonyl (C=O) groups is 2. The number of hydrogen-bond donors (Lipinski definition) is 0. The summed E-state index contributed by atoms with van der Waals surface area (Å²) in [4.78, 5) is 26.7. The van der Waals surface area contributed by atoms with Crippen LogP contribution in [0.5, 0.6) is 0 Å². The number of carbonyl (C=O) groups excluding carboxylic acids is 2. The average molecular weight is 252 g/mol. The molecule has 2 heterocycles. The maximum absolute atomic E-state index is 12.8. The third-order valence-corrected chi connectivity index (χ3v) is 3.92. The Morgan fingerprint density at radius 3 is 2.59 bits per heavy atom. The van der Waals surface area contributed by atoms with E-state index in [9.17, 15) is 14.0 Å². The number of anilines is 1. The third kappa shape index (κ3) is 1.51. The van der Waals surface area contributed by atoms with Crippen molar-refractivity contribution in [2.45, 2.75) is 6.04 Å². The van der Waals surface area contributed by atoms with E-state index >= 15 is 0 Å². The van der Waals surface area contributed by atoms with Crippen LogP contribution in [0.25, 0.3) is 0 Å². The van der Waals surface area contributed by atoms with E-state index in [0.29, 0.717) is 17.3 Å². The number of benzene rings is 1. The van der Waals surface area contributed by atoms with E-state index in [1.807, 2.05) is 0 Å². The first-order valence-electron chi connectivity index (χ1n) is 5.16. The van der Waals surface area contributed by atoms with Crippen LogP contribution in [-0.2, 0) is 4.79 Å². The zero-order valence-electron chi connectivity index (χ0n) is 8.80. The standard InChI is InChI=1S/C11H9FN2O2S/c12-7-1-3-8(4-2-7)14-10(15)9-5-17-6-13(9)11(14)16/h1-4,9H,5-6H2/t9-/m1/s1. The van der Waals surface area contributed by atoms with Gasteiger partial charge in [0.2, 0.25) is 0 Å². The lowest BCUT2D eigenvalue weighted by Crippen LogP contribution is -2.32. The van der Waals surface area contributed by atoms with Crippen molar-refractivity contribution in [2.75, 3.05) is 16.5 Å². The van der Waals surface area contributed by atoms with Gasteiger partial charge in [-0.25, -0.2) is 14.1 Å². The van der Waals surface area contributed by atoms with Gasteiger partial charge in [0.25, 0.3) is 5.91 Å². The van der Waals surface area contributed by atoms with E-state index in [2.05, 4.69) is 0 Å². The zero-order valence-corrected chi connectivity index (χ0v) is 9.61. The van der Waals surface area contributed by atoms with E-state index < -0.39 is 0 Å². The number of imide groups is 1. The van der Waals surface area contributed by atoms with Gasteiger partial charge in [0.05, 0.1) is 11.6 Å². The molecule has 0 radical (unpaired) electrons. The van der Waals surface area contributed by atoms with E-state index in [-0.39, 0.29) is 23.8 Å². The Kier molecular flexibility index (Phi) is 2.32. The van der Waals surface area contributed by atoms with Gasteiger partial charge < -0.3 is 4.90 Å². The summed E-state index contributed by atoms with van der Waals surface area (Å²) in [6, 6.07) is 4.72. The Balaban J connectivity index is 1.96. The highest BCUT2D eigenvalue weighted by molar-refractivity contribution is 7.99. The van der Waals surface area contributed by atoms with Crippen LogP contribution in [0.4, 0.5) is 14.9 Å². The zero-order chi connectivity index (χ0) is 12.0. The summed E-state index contributed by atoms with van der Waals surface area (Å²) < 4.78 is 12.8. The number of fused-ring (bicyclic) bond motifs is 1. The molecule has 2 fully saturated rings. The van der Waals surface area contributed by atoms with Crippen molar-refractivity contribution in [3.8, 4) is 0 Å². The van der Waals surface area contributed by atoms with Gasteiger partial charge in [0.15, 0.2) is 0 Å². The molecule has 0 aliphatic carbocycles. The molecule has 1 atom stereocenters. The van der Waals surface area contributed by atoms with Crippen molar-refractivity contribution >= 4 is 29.4 Å². The molecule has 88 valence electrons. The SMILES string of the molecule is O=C1[C@H]2CSCN2C(=O)N1c1ccc(F)cc1. The molecule has 0 spiro atoms. The Morgan fingerprint density at radius 1 is 1.24 bits per heavy atom. The minimum absolute atomic E-state index is 0.216. The smallest absolute Gasteiger partial charge is 0.302 e.